The summed E-state index contributed by atoms with van der Waals surface area (Å²) in [7, 11) is 0. The van der Waals surface area contributed by atoms with Crippen molar-refractivity contribution in [1.29, 1.82) is 0 Å². The van der Waals surface area contributed by atoms with Gasteiger partial charge in [0, 0.05) is 5.02 Å². The molecule has 0 fully saturated rings. The second kappa shape index (κ2) is 6.38. The Morgan fingerprint density at radius 2 is 1.75 bits per heavy atom. The lowest BCUT2D eigenvalue weighted by Gasteiger charge is -2.21. The smallest absolute Gasteiger partial charge is 0.124 e. The van der Waals surface area contributed by atoms with Crippen molar-refractivity contribution in [3.63, 3.8) is 0 Å². The fourth-order valence-corrected chi connectivity index (χ4v) is 2.80. The molecule has 0 heterocycles. The number of halogens is 2. The van der Waals surface area contributed by atoms with E-state index in [0.717, 1.165) is 17.7 Å². The van der Waals surface area contributed by atoms with E-state index in [1.54, 1.807) is 6.07 Å². The van der Waals surface area contributed by atoms with Gasteiger partial charge in [0.1, 0.15) is 5.82 Å². The zero-order chi connectivity index (χ0) is 14.7. The van der Waals surface area contributed by atoms with Crippen molar-refractivity contribution in [1.82, 2.24) is 5.32 Å². The van der Waals surface area contributed by atoms with Crippen LogP contribution in [0.1, 0.15) is 35.2 Å². The standard InChI is InChI=1S/C17H19ClFN/c1-4-20-17(13-8-11(2)7-12(3)9-13)15-6-5-14(19)10-16(15)18/h5-10,17,20H,4H2,1-3H3. The number of hydrogen-bond donors (Lipinski definition) is 1. The van der Waals surface area contributed by atoms with Crippen LogP contribution in [0.3, 0.4) is 0 Å². The molecule has 0 aliphatic rings. The first kappa shape index (κ1) is 15.0. The fraction of sp³-hybridized carbons (Fsp3) is 0.294. The number of hydrogen-bond acceptors (Lipinski definition) is 1. The summed E-state index contributed by atoms with van der Waals surface area (Å²) in [5.41, 5.74) is 4.47. The molecular weight excluding hydrogens is 273 g/mol. The van der Waals surface area contributed by atoms with Crippen LogP contribution >= 0.6 is 11.6 Å². The summed E-state index contributed by atoms with van der Waals surface area (Å²) in [4.78, 5) is 0. The highest BCUT2D eigenvalue weighted by atomic mass is 35.5. The fourth-order valence-electron chi connectivity index (χ4n) is 2.52. The molecule has 0 saturated heterocycles. The first-order valence-corrected chi connectivity index (χ1v) is 7.15. The Kier molecular flexibility index (Phi) is 4.79. The van der Waals surface area contributed by atoms with E-state index in [0.29, 0.717) is 5.02 Å². The quantitative estimate of drug-likeness (QED) is 0.853. The highest BCUT2D eigenvalue weighted by Gasteiger charge is 2.17. The first-order chi connectivity index (χ1) is 9.51. The van der Waals surface area contributed by atoms with Gasteiger partial charge in [-0.15, -0.1) is 0 Å². The Balaban J connectivity index is 2.49. The van der Waals surface area contributed by atoms with Gasteiger partial charge in [-0.1, -0.05) is 53.9 Å². The largest absolute Gasteiger partial charge is 0.306 e. The lowest BCUT2D eigenvalue weighted by Crippen LogP contribution is -2.22. The second-order valence-corrected chi connectivity index (χ2v) is 5.48. The summed E-state index contributed by atoms with van der Waals surface area (Å²) in [5, 5.41) is 3.88. The van der Waals surface area contributed by atoms with E-state index < -0.39 is 0 Å². The predicted molar refractivity (Wildman–Crippen MR) is 82.8 cm³/mol. The van der Waals surface area contributed by atoms with Gasteiger partial charge in [-0.2, -0.15) is 0 Å². The minimum absolute atomic E-state index is 0.0216. The lowest BCUT2D eigenvalue weighted by molar-refractivity contribution is 0.613. The summed E-state index contributed by atoms with van der Waals surface area (Å²) in [5.74, 6) is -0.311. The Bertz CT molecular complexity index is 590. The minimum atomic E-state index is -0.311. The van der Waals surface area contributed by atoms with E-state index in [1.165, 1.54) is 23.3 Å². The van der Waals surface area contributed by atoms with Gasteiger partial charge in [0.15, 0.2) is 0 Å². The molecule has 20 heavy (non-hydrogen) atoms. The van der Waals surface area contributed by atoms with E-state index in [9.17, 15) is 4.39 Å². The summed E-state index contributed by atoms with van der Waals surface area (Å²) in [6, 6.07) is 11.0. The van der Waals surface area contributed by atoms with Crippen molar-refractivity contribution in [2.24, 2.45) is 0 Å². The van der Waals surface area contributed by atoms with Crippen LogP contribution in [0.25, 0.3) is 0 Å². The van der Waals surface area contributed by atoms with Gasteiger partial charge in [-0.3, -0.25) is 0 Å². The molecule has 2 aromatic rings. The van der Waals surface area contributed by atoms with Crippen molar-refractivity contribution in [3.8, 4) is 0 Å². The molecule has 1 atom stereocenters. The normalized spacial score (nSPS) is 12.4. The van der Waals surface area contributed by atoms with Gasteiger partial charge in [0.05, 0.1) is 6.04 Å². The highest BCUT2D eigenvalue weighted by Crippen LogP contribution is 2.30. The summed E-state index contributed by atoms with van der Waals surface area (Å²) >= 11 is 6.21. The van der Waals surface area contributed by atoms with E-state index in [-0.39, 0.29) is 11.9 Å². The lowest BCUT2D eigenvalue weighted by atomic mass is 9.95. The molecule has 0 bridgehead atoms. The van der Waals surface area contributed by atoms with Crippen molar-refractivity contribution in [2.75, 3.05) is 6.54 Å². The van der Waals surface area contributed by atoms with E-state index in [1.807, 2.05) is 6.92 Å². The third-order valence-electron chi connectivity index (χ3n) is 3.26. The van der Waals surface area contributed by atoms with Gasteiger partial charge in [0.25, 0.3) is 0 Å². The second-order valence-electron chi connectivity index (χ2n) is 5.08. The Labute approximate surface area is 124 Å². The third kappa shape index (κ3) is 3.38. The number of aryl methyl sites for hydroxylation is 2. The number of nitrogens with one attached hydrogen (secondary N) is 1. The first-order valence-electron chi connectivity index (χ1n) is 6.77. The van der Waals surface area contributed by atoms with Gasteiger partial charge in [-0.25, -0.2) is 4.39 Å². The summed E-state index contributed by atoms with van der Waals surface area (Å²) in [6.45, 7) is 7.01. The Morgan fingerprint density at radius 1 is 1.10 bits per heavy atom. The summed E-state index contributed by atoms with van der Waals surface area (Å²) in [6.07, 6.45) is 0. The zero-order valence-electron chi connectivity index (χ0n) is 12.0. The van der Waals surface area contributed by atoms with Gasteiger partial charge in [-0.05, 0) is 43.7 Å². The van der Waals surface area contributed by atoms with E-state index in [4.69, 9.17) is 11.6 Å². The molecule has 1 nitrogen and oxygen atoms in total. The van der Waals surface area contributed by atoms with Crippen LogP contribution in [0.2, 0.25) is 5.02 Å². The predicted octanol–water partition coefficient (Wildman–Crippen LogP) is 4.79. The Morgan fingerprint density at radius 3 is 2.30 bits per heavy atom. The maximum absolute atomic E-state index is 13.2. The van der Waals surface area contributed by atoms with Crippen LogP contribution in [0.15, 0.2) is 36.4 Å². The third-order valence-corrected chi connectivity index (χ3v) is 3.59. The molecule has 1 N–H and O–H groups in total. The van der Waals surface area contributed by atoms with Crippen LogP contribution in [0.5, 0.6) is 0 Å². The molecule has 0 aliphatic heterocycles. The molecule has 2 rings (SSSR count). The van der Waals surface area contributed by atoms with Crippen molar-refractivity contribution in [2.45, 2.75) is 26.8 Å². The van der Waals surface area contributed by atoms with Gasteiger partial charge in [0.2, 0.25) is 0 Å². The molecule has 3 heteroatoms. The van der Waals surface area contributed by atoms with Crippen LogP contribution in [-0.4, -0.2) is 6.54 Å². The molecule has 1 unspecified atom stereocenters. The number of benzene rings is 2. The molecule has 0 aliphatic carbocycles. The summed E-state index contributed by atoms with van der Waals surface area (Å²) < 4.78 is 13.2. The molecule has 2 aromatic carbocycles. The van der Waals surface area contributed by atoms with E-state index in [2.05, 4.69) is 37.4 Å². The average molecular weight is 292 g/mol. The maximum Gasteiger partial charge on any atom is 0.124 e. The van der Waals surface area contributed by atoms with Crippen LogP contribution in [0, 0.1) is 19.7 Å². The average Bonchev–Trinajstić information content (AvgIpc) is 2.35. The highest BCUT2D eigenvalue weighted by molar-refractivity contribution is 6.31. The van der Waals surface area contributed by atoms with Crippen LogP contribution in [0.4, 0.5) is 4.39 Å². The van der Waals surface area contributed by atoms with E-state index >= 15 is 0 Å². The molecule has 0 saturated carbocycles. The van der Waals surface area contributed by atoms with Crippen LogP contribution in [-0.2, 0) is 0 Å². The maximum atomic E-state index is 13.2. The molecule has 0 radical (unpaired) electrons. The van der Waals surface area contributed by atoms with Gasteiger partial charge >= 0.3 is 0 Å². The Hall–Kier alpha value is -1.38. The van der Waals surface area contributed by atoms with Crippen LogP contribution < -0.4 is 5.32 Å². The molecule has 106 valence electrons. The monoisotopic (exact) mass is 291 g/mol. The molecule has 0 aromatic heterocycles. The minimum Gasteiger partial charge on any atom is -0.306 e. The van der Waals surface area contributed by atoms with Gasteiger partial charge < -0.3 is 5.32 Å². The number of rotatable bonds is 4. The molecule has 0 spiro atoms. The molecular formula is C17H19ClFN. The zero-order valence-corrected chi connectivity index (χ0v) is 12.8. The van der Waals surface area contributed by atoms with Crippen molar-refractivity contribution >= 4 is 11.6 Å². The van der Waals surface area contributed by atoms with Crippen molar-refractivity contribution < 1.29 is 4.39 Å². The van der Waals surface area contributed by atoms with Crippen molar-refractivity contribution in [3.05, 3.63) is 69.5 Å². The molecule has 0 amide bonds. The SMILES string of the molecule is CCNC(c1cc(C)cc(C)c1)c1ccc(F)cc1Cl. The topological polar surface area (TPSA) is 12.0 Å².